The molecule has 0 aromatic carbocycles. The summed E-state index contributed by atoms with van der Waals surface area (Å²) < 4.78 is 28.8. The molecule has 0 amide bonds. The molecule has 118 valence electrons. The molecule has 1 heterocycles. The van der Waals surface area contributed by atoms with Crippen LogP contribution < -0.4 is 4.72 Å². The first-order valence-electron chi connectivity index (χ1n) is 7.88. The van der Waals surface area contributed by atoms with E-state index in [2.05, 4.69) is 11.6 Å². The molecule has 0 spiro atoms. The molecule has 0 bridgehead atoms. The summed E-state index contributed by atoms with van der Waals surface area (Å²) in [5.74, 6) is 0.469. The zero-order chi connectivity index (χ0) is 14.6. The van der Waals surface area contributed by atoms with Gasteiger partial charge in [-0.25, -0.2) is 0 Å². The molecular weight excluding hydrogens is 276 g/mol. The molecule has 2 N–H and O–H groups in total. The van der Waals surface area contributed by atoms with Crippen LogP contribution in [0.25, 0.3) is 0 Å². The second-order valence-electron chi connectivity index (χ2n) is 6.57. The van der Waals surface area contributed by atoms with Crippen LogP contribution in [0.5, 0.6) is 0 Å². The Hall–Kier alpha value is -0.170. The lowest BCUT2D eigenvalue weighted by atomic mass is 9.79. The Bertz CT molecular complexity index is 405. The number of hydrogen-bond acceptors (Lipinski definition) is 3. The lowest BCUT2D eigenvalue weighted by molar-refractivity contribution is -0.00778. The van der Waals surface area contributed by atoms with E-state index in [0.29, 0.717) is 31.8 Å². The first-order chi connectivity index (χ1) is 9.41. The summed E-state index contributed by atoms with van der Waals surface area (Å²) in [7, 11) is -3.44. The van der Waals surface area contributed by atoms with Crippen molar-refractivity contribution in [2.45, 2.75) is 63.9 Å². The highest BCUT2D eigenvalue weighted by molar-refractivity contribution is 7.87. The van der Waals surface area contributed by atoms with Gasteiger partial charge < -0.3 is 5.11 Å². The minimum Gasteiger partial charge on any atom is -0.389 e. The number of aliphatic hydroxyl groups is 1. The van der Waals surface area contributed by atoms with E-state index in [-0.39, 0.29) is 6.54 Å². The fourth-order valence-corrected chi connectivity index (χ4v) is 4.76. The summed E-state index contributed by atoms with van der Waals surface area (Å²) >= 11 is 0. The number of nitrogens with zero attached hydrogens (tertiary/aromatic N) is 1. The number of rotatable bonds is 4. The molecule has 2 unspecified atom stereocenters. The van der Waals surface area contributed by atoms with Crippen LogP contribution in [0.3, 0.4) is 0 Å². The second-order valence-corrected chi connectivity index (χ2v) is 8.32. The minimum atomic E-state index is -3.44. The maximum Gasteiger partial charge on any atom is 0.279 e. The van der Waals surface area contributed by atoms with E-state index in [4.69, 9.17) is 0 Å². The van der Waals surface area contributed by atoms with Crippen molar-refractivity contribution in [3.8, 4) is 0 Å². The van der Waals surface area contributed by atoms with E-state index >= 15 is 0 Å². The van der Waals surface area contributed by atoms with Crippen LogP contribution in [0.15, 0.2) is 0 Å². The molecule has 2 atom stereocenters. The molecule has 1 aliphatic carbocycles. The molecule has 6 heteroatoms. The molecule has 0 aromatic heterocycles. The summed E-state index contributed by atoms with van der Waals surface area (Å²) in [6, 6.07) is 0. The third kappa shape index (κ3) is 4.41. The predicted octanol–water partition coefficient (Wildman–Crippen LogP) is 1.64. The van der Waals surface area contributed by atoms with Crippen molar-refractivity contribution in [3.05, 3.63) is 0 Å². The maximum absolute atomic E-state index is 12.3. The quantitative estimate of drug-likeness (QED) is 0.829. The Morgan fingerprint density at radius 1 is 1.20 bits per heavy atom. The van der Waals surface area contributed by atoms with E-state index < -0.39 is 15.8 Å². The Labute approximate surface area is 122 Å². The molecule has 20 heavy (non-hydrogen) atoms. The van der Waals surface area contributed by atoms with Crippen molar-refractivity contribution in [2.24, 2.45) is 5.92 Å². The van der Waals surface area contributed by atoms with Crippen LogP contribution in [-0.2, 0) is 10.2 Å². The zero-order valence-electron chi connectivity index (χ0n) is 12.5. The van der Waals surface area contributed by atoms with Crippen molar-refractivity contribution in [1.29, 1.82) is 0 Å². The van der Waals surface area contributed by atoms with Crippen molar-refractivity contribution >= 4 is 10.2 Å². The number of nitrogens with one attached hydrogen (secondary N) is 1. The third-order valence-electron chi connectivity index (χ3n) is 4.56. The van der Waals surface area contributed by atoms with Crippen molar-refractivity contribution < 1.29 is 13.5 Å². The van der Waals surface area contributed by atoms with E-state index in [9.17, 15) is 13.5 Å². The van der Waals surface area contributed by atoms with Crippen molar-refractivity contribution in [1.82, 2.24) is 9.03 Å². The predicted molar refractivity (Wildman–Crippen MR) is 79.5 cm³/mol. The monoisotopic (exact) mass is 304 g/mol. The molecule has 2 rings (SSSR count). The fourth-order valence-electron chi connectivity index (χ4n) is 3.39. The van der Waals surface area contributed by atoms with Gasteiger partial charge in [-0.2, -0.15) is 17.4 Å². The van der Waals surface area contributed by atoms with E-state index in [1.807, 2.05) is 0 Å². The van der Waals surface area contributed by atoms with Gasteiger partial charge in [0.1, 0.15) is 0 Å². The first kappa shape index (κ1) is 16.2. The standard InChI is InChI=1S/C14H28N2O3S/c1-13-7-6-8-14(17,11-13)12-15-20(18,19)16-9-4-2-3-5-10-16/h13,15,17H,2-12H2,1H3. The average molecular weight is 304 g/mol. The van der Waals surface area contributed by atoms with Gasteiger partial charge in [0, 0.05) is 19.6 Å². The molecule has 1 saturated carbocycles. The van der Waals surface area contributed by atoms with Gasteiger partial charge in [0.25, 0.3) is 10.2 Å². The highest BCUT2D eigenvalue weighted by Gasteiger charge is 2.34. The Kier molecular flexibility index (Phi) is 5.45. The van der Waals surface area contributed by atoms with Gasteiger partial charge in [-0.05, 0) is 31.6 Å². The fraction of sp³-hybridized carbons (Fsp3) is 1.00. The largest absolute Gasteiger partial charge is 0.389 e. The lowest BCUT2D eigenvalue weighted by Gasteiger charge is -2.36. The minimum absolute atomic E-state index is 0.149. The van der Waals surface area contributed by atoms with Crippen LogP contribution in [0.4, 0.5) is 0 Å². The molecule has 0 aromatic rings. The normalized spacial score (nSPS) is 33.8. The van der Waals surface area contributed by atoms with Crippen LogP contribution >= 0.6 is 0 Å². The van der Waals surface area contributed by atoms with Crippen LogP contribution in [0, 0.1) is 5.92 Å². The van der Waals surface area contributed by atoms with Crippen LogP contribution in [0.2, 0.25) is 0 Å². The Morgan fingerprint density at radius 3 is 2.45 bits per heavy atom. The molecular formula is C14H28N2O3S. The van der Waals surface area contributed by atoms with Gasteiger partial charge in [-0.15, -0.1) is 0 Å². The average Bonchev–Trinajstić information content (AvgIpc) is 2.66. The maximum atomic E-state index is 12.3. The van der Waals surface area contributed by atoms with Crippen molar-refractivity contribution in [2.75, 3.05) is 19.6 Å². The molecule has 2 aliphatic rings. The summed E-state index contributed by atoms with van der Waals surface area (Å²) in [5.41, 5.74) is -0.864. The summed E-state index contributed by atoms with van der Waals surface area (Å²) in [4.78, 5) is 0. The van der Waals surface area contributed by atoms with Crippen LogP contribution in [-0.4, -0.2) is 43.1 Å². The lowest BCUT2D eigenvalue weighted by Crippen LogP contribution is -2.50. The van der Waals surface area contributed by atoms with E-state index in [1.54, 1.807) is 0 Å². The van der Waals surface area contributed by atoms with Crippen molar-refractivity contribution in [3.63, 3.8) is 0 Å². The van der Waals surface area contributed by atoms with Gasteiger partial charge in [0.05, 0.1) is 5.60 Å². The second kappa shape index (κ2) is 6.73. The molecule has 1 aliphatic heterocycles. The molecule has 1 saturated heterocycles. The van der Waals surface area contributed by atoms with Gasteiger partial charge in [-0.3, -0.25) is 0 Å². The smallest absolute Gasteiger partial charge is 0.279 e. The van der Waals surface area contributed by atoms with Gasteiger partial charge in [0.15, 0.2) is 0 Å². The summed E-state index contributed by atoms with van der Waals surface area (Å²) in [6.07, 6.45) is 7.56. The van der Waals surface area contributed by atoms with Gasteiger partial charge >= 0.3 is 0 Å². The molecule has 0 radical (unpaired) electrons. The number of hydrogen-bond donors (Lipinski definition) is 2. The zero-order valence-corrected chi connectivity index (χ0v) is 13.3. The molecule has 5 nitrogen and oxygen atoms in total. The van der Waals surface area contributed by atoms with Crippen LogP contribution in [0.1, 0.15) is 58.3 Å². The first-order valence-corrected chi connectivity index (χ1v) is 9.32. The van der Waals surface area contributed by atoms with Gasteiger partial charge in [-0.1, -0.05) is 32.6 Å². The molecule has 2 fully saturated rings. The SMILES string of the molecule is CC1CCCC(O)(CNS(=O)(=O)N2CCCCCC2)C1. The Balaban J connectivity index is 1.90. The van der Waals surface area contributed by atoms with E-state index in [1.165, 1.54) is 4.31 Å². The third-order valence-corrected chi connectivity index (χ3v) is 6.11. The topological polar surface area (TPSA) is 69.6 Å². The Morgan fingerprint density at radius 2 is 1.85 bits per heavy atom. The van der Waals surface area contributed by atoms with E-state index in [0.717, 1.165) is 38.5 Å². The summed E-state index contributed by atoms with van der Waals surface area (Å²) in [6.45, 7) is 3.47. The highest BCUT2D eigenvalue weighted by atomic mass is 32.2. The van der Waals surface area contributed by atoms with Gasteiger partial charge in [0.2, 0.25) is 0 Å². The summed E-state index contributed by atoms with van der Waals surface area (Å²) in [5, 5.41) is 10.5. The highest BCUT2D eigenvalue weighted by Crippen LogP contribution is 2.31.